The Balaban J connectivity index is 0.948. The van der Waals surface area contributed by atoms with Crippen molar-refractivity contribution in [1.29, 1.82) is 0 Å². The summed E-state index contributed by atoms with van der Waals surface area (Å²) in [6.07, 6.45) is 3.32. The molecule has 0 radical (unpaired) electrons. The van der Waals surface area contributed by atoms with E-state index in [1.54, 1.807) is 22.2 Å². The van der Waals surface area contributed by atoms with Crippen LogP contribution in [0.15, 0.2) is 103 Å². The van der Waals surface area contributed by atoms with Crippen LogP contribution in [0.4, 0.5) is 9.59 Å². The number of likely N-dealkylation sites (tertiary alicyclic amines) is 2. The van der Waals surface area contributed by atoms with Crippen molar-refractivity contribution in [3.8, 4) is 33.6 Å². The predicted octanol–water partition coefficient (Wildman–Crippen LogP) is 7.06. The van der Waals surface area contributed by atoms with Crippen LogP contribution in [-0.4, -0.2) is 98.3 Å². The van der Waals surface area contributed by atoms with Crippen LogP contribution in [0.5, 0.6) is 0 Å². The predicted molar refractivity (Wildman–Crippen MR) is 232 cm³/mol. The number of aromatic amines is 2. The first-order valence-electron chi connectivity index (χ1n) is 20.8. The SMILES string of the molecule is COC(=O)NC(C(=O)N1CCCC1c1ncc(-c2ccc(-c3ccc4cc(-c5cnc(C6CC(O)CN6C(=O)C(NC(=O)OC)C(C)C)[nH]5)ccc4c3)cc2)[nH]1)c1ccccc1. The van der Waals surface area contributed by atoms with Gasteiger partial charge in [-0.05, 0) is 63.9 Å². The average molecular weight is 839 g/mol. The number of imidazole rings is 2. The molecule has 15 heteroatoms. The molecule has 4 amide bonds. The molecule has 2 fully saturated rings. The molecule has 8 rings (SSSR count). The molecule has 15 nitrogen and oxygen atoms in total. The number of nitrogens with zero attached hydrogens (tertiary/aromatic N) is 4. The first-order chi connectivity index (χ1) is 30.0. The van der Waals surface area contributed by atoms with E-state index in [2.05, 4.69) is 80.2 Å². The van der Waals surface area contributed by atoms with Crippen molar-refractivity contribution in [2.45, 2.75) is 63.4 Å². The molecule has 62 heavy (non-hydrogen) atoms. The van der Waals surface area contributed by atoms with Gasteiger partial charge in [-0.3, -0.25) is 9.59 Å². The van der Waals surface area contributed by atoms with Crippen LogP contribution in [-0.2, 0) is 19.1 Å². The number of fused-ring (bicyclic) bond motifs is 1. The zero-order valence-electron chi connectivity index (χ0n) is 35.0. The summed E-state index contributed by atoms with van der Waals surface area (Å²) in [7, 11) is 2.53. The van der Waals surface area contributed by atoms with Crippen molar-refractivity contribution < 1.29 is 33.8 Å². The lowest BCUT2D eigenvalue weighted by Crippen LogP contribution is -2.51. The smallest absolute Gasteiger partial charge is 0.407 e. The maximum atomic E-state index is 13.9. The number of hydrogen-bond donors (Lipinski definition) is 5. The minimum atomic E-state index is -0.888. The Morgan fingerprint density at radius 3 is 1.95 bits per heavy atom. The molecule has 2 saturated heterocycles. The average Bonchev–Trinajstić information content (AvgIpc) is 4.14. The van der Waals surface area contributed by atoms with E-state index in [-0.39, 0.29) is 30.3 Å². The largest absolute Gasteiger partial charge is 0.453 e. The monoisotopic (exact) mass is 838 g/mol. The Morgan fingerprint density at radius 1 is 0.710 bits per heavy atom. The summed E-state index contributed by atoms with van der Waals surface area (Å²) in [5, 5.41) is 18.0. The molecule has 6 aromatic rings. The normalized spacial score (nSPS) is 18.5. The highest BCUT2D eigenvalue weighted by Crippen LogP contribution is 2.36. The van der Waals surface area contributed by atoms with Gasteiger partial charge in [0.05, 0.1) is 56.2 Å². The van der Waals surface area contributed by atoms with Gasteiger partial charge in [0.2, 0.25) is 5.91 Å². The summed E-state index contributed by atoms with van der Waals surface area (Å²) in [4.78, 5) is 71.3. The zero-order chi connectivity index (χ0) is 43.5. The van der Waals surface area contributed by atoms with E-state index in [4.69, 9.17) is 14.5 Å². The minimum Gasteiger partial charge on any atom is -0.453 e. The molecular formula is C47H50N8O7. The standard InChI is InChI=1S/C47H50N8O7/c1-27(2)40(52-46(59)61-3)44(57)55-26-35(56)23-39(55)43-49-25-37(51-43)34-19-18-32-21-31(16-17-33(32)22-34)28-12-14-29(15-13-28)36-24-48-42(50-36)38-11-8-20-54(38)45(58)41(53-47(60)62-4)30-9-6-5-7-10-30/h5-7,9-10,12-19,21-22,24-25,27,35,38-41,56H,8,11,20,23,26H2,1-4H3,(H,48,50)(H,49,51)(H,52,59)(H,53,60). The van der Waals surface area contributed by atoms with Crippen LogP contribution in [0.3, 0.4) is 0 Å². The summed E-state index contributed by atoms with van der Waals surface area (Å²) in [6.45, 7) is 4.37. The van der Waals surface area contributed by atoms with E-state index in [9.17, 15) is 24.3 Å². The van der Waals surface area contributed by atoms with Crippen molar-refractivity contribution >= 4 is 34.8 Å². The maximum absolute atomic E-state index is 13.9. The number of aliphatic hydroxyl groups excluding tert-OH is 1. The third-order valence-corrected chi connectivity index (χ3v) is 11.8. The van der Waals surface area contributed by atoms with E-state index < -0.39 is 36.4 Å². The molecule has 4 aromatic carbocycles. The van der Waals surface area contributed by atoms with Crippen LogP contribution in [0, 0.1) is 5.92 Å². The number of β-amino-alcohol motifs (C(OH)–C–C–N with tert-alkyl or cyclic N) is 1. The van der Waals surface area contributed by atoms with Gasteiger partial charge in [-0.15, -0.1) is 0 Å². The van der Waals surface area contributed by atoms with Crippen LogP contribution in [0.2, 0.25) is 0 Å². The lowest BCUT2D eigenvalue weighted by Gasteiger charge is -2.29. The van der Waals surface area contributed by atoms with Gasteiger partial charge in [-0.25, -0.2) is 19.6 Å². The van der Waals surface area contributed by atoms with E-state index in [0.29, 0.717) is 30.2 Å². The Morgan fingerprint density at radius 2 is 1.29 bits per heavy atom. The van der Waals surface area contributed by atoms with Gasteiger partial charge in [-0.2, -0.15) is 0 Å². The van der Waals surface area contributed by atoms with Crippen LogP contribution >= 0.6 is 0 Å². The molecule has 5 N–H and O–H groups in total. The summed E-state index contributed by atoms with van der Waals surface area (Å²) >= 11 is 0. The quantitative estimate of drug-likeness (QED) is 0.0908. The lowest BCUT2D eigenvalue weighted by molar-refractivity contribution is -0.136. The van der Waals surface area contributed by atoms with Crippen molar-refractivity contribution in [3.63, 3.8) is 0 Å². The lowest BCUT2D eigenvalue weighted by atomic mass is 9.98. The fourth-order valence-electron chi connectivity index (χ4n) is 8.53. The van der Waals surface area contributed by atoms with Gasteiger partial charge in [0.25, 0.3) is 5.91 Å². The number of methoxy groups -OCH3 is 2. The highest BCUT2D eigenvalue weighted by atomic mass is 16.5. The van der Waals surface area contributed by atoms with Crippen LogP contribution in [0.25, 0.3) is 44.4 Å². The molecule has 0 bridgehead atoms. The van der Waals surface area contributed by atoms with Crippen LogP contribution < -0.4 is 10.6 Å². The second-order valence-corrected chi connectivity index (χ2v) is 16.1. The molecule has 2 aliphatic rings. The number of H-pyrrole nitrogens is 2. The molecule has 2 aromatic heterocycles. The van der Waals surface area contributed by atoms with Crippen LogP contribution in [0.1, 0.15) is 68.4 Å². The van der Waals surface area contributed by atoms with Crippen molar-refractivity contribution in [1.82, 2.24) is 40.4 Å². The molecule has 4 heterocycles. The minimum absolute atomic E-state index is 0.134. The number of benzene rings is 4. The van der Waals surface area contributed by atoms with Gasteiger partial charge >= 0.3 is 12.2 Å². The molecule has 2 aliphatic heterocycles. The number of rotatable bonds is 11. The molecule has 0 spiro atoms. The fourth-order valence-corrected chi connectivity index (χ4v) is 8.53. The van der Waals surface area contributed by atoms with Gasteiger partial charge in [0.15, 0.2) is 0 Å². The number of alkyl carbamates (subject to hydrolysis) is 2. The van der Waals surface area contributed by atoms with Crippen molar-refractivity contribution in [2.75, 3.05) is 27.3 Å². The summed E-state index contributed by atoms with van der Waals surface area (Å²) in [5.41, 5.74) is 6.29. The van der Waals surface area contributed by atoms with Gasteiger partial charge in [0, 0.05) is 25.1 Å². The number of amides is 4. The number of ether oxygens (including phenoxy) is 2. The first-order valence-corrected chi connectivity index (χ1v) is 20.8. The third-order valence-electron chi connectivity index (χ3n) is 11.8. The molecule has 320 valence electrons. The number of aliphatic hydroxyl groups is 1. The Bertz CT molecular complexity index is 2570. The number of carbonyl (C=O) groups excluding carboxylic acids is 4. The van der Waals surface area contributed by atoms with Gasteiger partial charge in [0.1, 0.15) is 23.7 Å². The van der Waals surface area contributed by atoms with Gasteiger partial charge < -0.3 is 45.0 Å². The Kier molecular flexibility index (Phi) is 12.1. The third kappa shape index (κ3) is 8.61. The van der Waals surface area contributed by atoms with Gasteiger partial charge in [-0.1, -0.05) is 92.7 Å². The van der Waals surface area contributed by atoms with Crippen molar-refractivity contribution in [3.05, 3.63) is 121 Å². The van der Waals surface area contributed by atoms with E-state index in [1.807, 2.05) is 50.2 Å². The highest BCUT2D eigenvalue weighted by Gasteiger charge is 2.41. The van der Waals surface area contributed by atoms with E-state index in [0.717, 1.165) is 57.3 Å². The second-order valence-electron chi connectivity index (χ2n) is 16.1. The fraction of sp³-hybridized carbons (Fsp3) is 0.319. The van der Waals surface area contributed by atoms with E-state index >= 15 is 0 Å². The Hall–Kier alpha value is -7.00. The van der Waals surface area contributed by atoms with Crippen molar-refractivity contribution in [2.24, 2.45) is 5.92 Å². The summed E-state index contributed by atoms with van der Waals surface area (Å²) < 4.78 is 9.57. The van der Waals surface area contributed by atoms with E-state index in [1.165, 1.54) is 14.2 Å². The maximum Gasteiger partial charge on any atom is 0.407 e. The molecule has 5 unspecified atom stereocenters. The topological polar surface area (TPSA) is 195 Å². The number of aromatic nitrogens is 4. The second kappa shape index (κ2) is 17.9. The number of nitrogens with one attached hydrogen (secondary N) is 4. The molecule has 0 aliphatic carbocycles. The highest BCUT2D eigenvalue weighted by molar-refractivity contribution is 5.91. The molecule has 5 atom stereocenters. The zero-order valence-corrected chi connectivity index (χ0v) is 35.0. The molecular weight excluding hydrogens is 789 g/mol. The number of hydrogen-bond acceptors (Lipinski definition) is 9. The summed E-state index contributed by atoms with van der Waals surface area (Å²) in [5.74, 6) is 0.537. The Labute approximate surface area is 358 Å². The first kappa shape index (κ1) is 41.7. The molecule has 0 saturated carbocycles. The number of carbonyl (C=O) groups is 4. The summed E-state index contributed by atoms with van der Waals surface area (Å²) in [6, 6.07) is 27.5.